The third kappa shape index (κ3) is 2.52. The molecular weight excluding hydrogens is 351 g/mol. The van der Waals surface area contributed by atoms with Crippen LogP contribution in [0.25, 0.3) is 16.9 Å². The average Bonchev–Trinajstić information content (AvgIpc) is 3.04. The van der Waals surface area contributed by atoms with Crippen molar-refractivity contribution in [2.24, 2.45) is 0 Å². The Morgan fingerprint density at radius 3 is 2.81 bits per heavy atom. The molecule has 0 saturated carbocycles. The van der Waals surface area contributed by atoms with Crippen LogP contribution in [0.1, 0.15) is 40.2 Å². The Kier molecular flexibility index (Phi) is 4.07. The Bertz CT molecular complexity index is 1030. The van der Waals surface area contributed by atoms with E-state index in [9.17, 15) is 14.3 Å². The number of aryl methyl sites for hydroxylation is 1. The maximum absolute atomic E-state index is 13.9. The Morgan fingerprint density at radius 1 is 1.31 bits per heavy atom. The van der Waals surface area contributed by atoms with Crippen molar-refractivity contribution in [3.63, 3.8) is 0 Å². The first-order valence-corrected chi connectivity index (χ1v) is 9.28. The summed E-state index contributed by atoms with van der Waals surface area (Å²) < 4.78 is 15.5. The molecule has 132 valence electrons. The lowest BCUT2D eigenvalue weighted by molar-refractivity contribution is 0.0688. The quantitative estimate of drug-likeness (QED) is 0.687. The van der Waals surface area contributed by atoms with E-state index in [-0.39, 0.29) is 16.8 Å². The van der Waals surface area contributed by atoms with Crippen LogP contribution in [0, 0.1) is 12.7 Å². The van der Waals surface area contributed by atoms with Gasteiger partial charge >= 0.3 is 5.97 Å². The molecule has 1 unspecified atom stereocenters. The molecule has 2 heterocycles. The first kappa shape index (κ1) is 16.8. The van der Waals surface area contributed by atoms with Crippen molar-refractivity contribution in [1.82, 2.24) is 9.78 Å². The zero-order valence-electron chi connectivity index (χ0n) is 14.4. The average molecular weight is 368 g/mol. The maximum Gasteiger partial charge on any atom is 0.356 e. The van der Waals surface area contributed by atoms with Crippen LogP contribution < -0.4 is 0 Å². The highest BCUT2D eigenvalue weighted by atomic mass is 32.2. The monoisotopic (exact) mass is 368 g/mol. The van der Waals surface area contributed by atoms with Crippen LogP contribution >= 0.6 is 11.8 Å². The number of thioether (sulfide) groups is 1. The molecule has 2 aromatic carbocycles. The second kappa shape index (κ2) is 6.29. The molecule has 0 saturated heterocycles. The lowest BCUT2D eigenvalue weighted by atomic mass is 10.00. The molecule has 1 atom stereocenters. The summed E-state index contributed by atoms with van der Waals surface area (Å²) in [6.07, 6.45) is 0.778. The lowest BCUT2D eigenvalue weighted by Crippen LogP contribution is -2.08. The number of fused-ring (bicyclic) bond motifs is 3. The number of carbonyl (C=O) groups is 1. The second-order valence-corrected chi connectivity index (χ2v) is 7.51. The normalized spacial score (nSPS) is 15.4. The maximum atomic E-state index is 13.9. The largest absolute Gasteiger partial charge is 0.476 e. The lowest BCUT2D eigenvalue weighted by Gasteiger charge is -2.25. The molecule has 1 N–H and O–H groups in total. The van der Waals surface area contributed by atoms with Gasteiger partial charge in [0.15, 0.2) is 5.69 Å². The molecule has 1 aliphatic rings. The van der Waals surface area contributed by atoms with Gasteiger partial charge in [-0.2, -0.15) is 5.10 Å². The number of benzene rings is 2. The molecule has 0 spiro atoms. The van der Waals surface area contributed by atoms with E-state index < -0.39 is 5.97 Å². The highest BCUT2D eigenvalue weighted by molar-refractivity contribution is 7.99. The van der Waals surface area contributed by atoms with Crippen molar-refractivity contribution >= 4 is 17.7 Å². The molecule has 1 aliphatic heterocycles. The van der Waals surface area contributed by atoms with Gasteiger partial charge in [0.25, 0.3) is 0 Å². The predicted octanol–water partition coefficient (Wildman–Crippen LogP) is 5.24. The fraction of sp³-hybridized carbons (Fsp3) is 0.200. The van der Waals surface area contributed by atoms with Crippen LogP contribution in [0.15, 0.2) is 47.4 Å². The zero-order valence-corrected chi connectivity index (χ0v) is 15.2. The summed E-state index contributed by atoms with van der Waals surface area (Å²) in [6.45, 7) is 3.90. The Morgan fingerprint density at radius 2 is 2.08 bits per heavy atom. The van der Waals surface area contributed by atoms with Crippen LogP contribution in [-0.4, -0.2) is 20.9 Å². The molecule has 0 radical (unpaired) electrons. The highest BCUT2D eigenvalue weighted by Gasteiger charge is 2.34. The molecule has 26 heavy (non-hydrogen) atoms. The number of aromatic carboxylic acids is 1. The third-order valence-electron chi connectivity index (χ3n) is 4.63. The minimum absolute atomic E-state index is 0.00591. The summed E-state index contributed by atoms with van der Waals surface area (Å²) in [4.78, 5) is 13.0. The van der Waals surface area contributed by atoms with Crippen LogP contribution in [0.5, 0.6) is 0 Å². The van der Waals surface area contributed by atoms with E-state index >= 15 is 0 Å². The molecule has 0 aliphatic carbocycles. The summed E-state index contributed by atoms with van der Waals surface area (Å²) in [5.41, 5.74) is 3.82. The van der Waals surface area contributed by atoms with Gasteiger partial charge in [-0.1, -0.05) is 31.2 Å². The fourth-order valence-corrected chi connectivity index (χ4v) is 4.67. The molecule has 6 heteroatoms. The van der Waals surface area contributed by atoms with Gasteiger partial charge in [-0.15, -0.1) is 11.8 Å². The standard InChI is InChI=1S/C20H17FN2O2S/c1-3-15-17-18(20(24)25)22-23(14-10-12(21)9-8-11(14)2)19(17)13-6-4-5-7-16(13)26-15/h4-10,15H,3H2,1-2H3,(H,24,25). The summed E-state index contributed by atoms with van der Waals surface area (Å²) in [7, 11) is 0. The SMILES string of the molecule is CCC1Sc2ccccc2-c2c1c(C(=O)O)nn2-c1cc(F)ccc1C. The van der Waals surface area contributed by atoms with Gasteiger partial charge in [0.2, 0.25) is 0 Å². The van der Waals surface area contributed by atoms with Crippen molar-refractivity contribution in [1.29, 1.82) is 0 Å². The highest BCUT2D eigenvalue weighted by Crippen LogP contribution is 2.52. The summed E-state index contributed by atoms with van der Waals surface area (Å²) in [5.74, 6) is -1.44. The number of aromatic nitrogens is 2. The van der Waals surface area contributed by atoms with Gasteiger partial charge in [-0.3, -0.25) is 0 Å². The molecule has 3 aromatic rings. The zero-order chi connectivity index (χ0) is 18.4. The van der Waals surface area contributed by atoms with Gasteiger partial charge in [0, 0.05) is 21.3 Å². The molecular formula is C20H17FN2O2S. The number of carboxylic acid groups (broad SMARTS) is 1. The Hall–Kier alpha value is -2.60. The predicted molar refractivity (Wildman–Crippen MR) is 99.5 cm³/mol. The van der Waals surface area contributed by atoms with E-state index in [0.29, 0.717) is 11.3 Å². The van der Waals surface area contributed by atoms with Gasteiger partial charge in [-0.05, 0) is 37.1 Å². The van der Waals surface area contributed by atoms with Crippen LogP contribution in [0.2, 0.25) is 0 Å². The van der Waals surface area contributed by atoms with Crippen LogP contribution in [0.4, 0.5) is 4.39 Å². The topological polar surface area (TPSA) is 55.1 Å². The van der Waals surface area contributed by atoms with E-state index in [4.69, 9.17) is 0 Å². The van der Waals surface area contributed by atoms with Crippen LogP contribution in [0.3, 0.4) is 0 Å². The van der Waals surface area contributed by atoms with Crippen molar-refractivity contribution in [3.05, 3.63) is 65.1 Å². The second-order valence-electron chi connectivity index (χ2n) is 6.27. The summed E-state index contributed by atoms with van der Waals surface area (Å²) in [5, 5.41) is 14.1. The van der Waals surface area contributed by atoms with E-state index in [1.54, 1.807) is 22.5 Å². The number of halogens is 1. The number of hydrogen-bond acceptors (Lipinski definition) is 3. The van der Waals surface area contributed by atoms with Gasteiger partial charge in [-0.25, -0.2) is 13.9 Å². The summed E-state index contributed by atoms with van der Waals surface area (Å²) in [6, 6.07) is 12.4. The minimum Gasteiger partial charge on any atom is -0.476 e. The number of hydrogen-bond donors (Lipinski definition) is 1. The molecule has 4 rings (SSSR count). The van der Waals surface area contributed by atoms with E-state index in [0.717, 1.165) is 28.1 Å². The minimum atomic E-state index is -1.06. The van der Waals surface area contributed by atoms with Crippen LogP contribution in [-0.2, 0) is 0 Å². The van der Waals surface area contributed by atoms with E-state index in [1.807, 2.05) is 38.1 Å². The molecule has 0 fully saturated rings. The third-order valence-corrected chi connectivity index (χ3v) is 6.09. The van der Waals surface area contributed by atoms with Crippen molar-refractivity contribution in [3.8, 4) is 16.9 Å². The first-order valence-electron chi connectivity index (χ1n) is 8.40. The number of nitrogens with zero attached hydrogens (tertiary/aromatic N) is 2. The van der Waals surface area contributed by atoms with Crippen molar-refractivity contribution < 1.29 is 14.3 Å². The number of carboxylic acids is 1. The number of rotatable bonds is 3. The molecule has 0 bridgehead atoms. The van der Waals surface area contributed by atoms with Crippen molar-refractivity contribution in [2.75, 3.05) is 0 Å². The van der Waals surface area contributed by atoms with Crippen molar-refractivity contribution in [2.45, 2.75) is 30.4 Å². The Balaban J connectivity index is 2.10. The Labute approximate surface area is 154 Å². The smallest absolute Gasteiger partial charge is 0.356 e. The van der Waals surface area contributed by atoms with E-state index in [2.05, 4.69) is 5.10 Å². The molecule has 1 aromatic heterocycles. The molecule has 4 nitrogen and oxygen atoms in total. The van der Waals surface area contributed by atoms with Gasteiger partial charge in [0.1, 0.15) is 5.82 Å². The van der Waals surface area contributed by atoms with Gasteiger partial charge < -0.3 is 5.11 Å². The van der Waals surface area contributed by atoms with Gasteiger partial charge in [0.05, 0.1) is 11.4 Å². The van der Waals surface area contributed by atoms with E-state index in [1.165, 1.54) is 12.1 Å². The molecule has 0 amide bonds. The summed E-state index contributed by atoms with van der Waals surface area (Å²) >= 11 is 1.66. The fourth-order valence-electron chi connectivity index (χ4n) is 3.40. The first-order chi connectivity index (χ1) is 12.5.